The van der Waals surface area contributed by atoms with E-state index >= 15 is 0 Å². The summed E-state index contributed by atoms with van der Waals surface area (Å²) in [5.41, 5.74) is 2.70. The number of hydrogen-bond acceptors (Lipinski definition) is 6. The van der Waals surface area contributed by atoms with Gasteiger partial charge in [0.25, 0.3) is 5.91 Å². The number of amides is 3. The molecule has 1 atom stereocenters. The van der Waals surface area contributed by atoms with Gasteiger partial charge >= 0.3 is 0 Å². The van der Waals surface area contributed by atoms with Gasteiger partial charge in [0.05, 0.1) is 18.8 Å². The predicted octanol–water partition coefficient (Wildman–Crippen LogP) is 1.58. The van der Waals surface area contributed by atoms with Crippen LogP contribution in [-0.4, -0.2) is 95.8 Å². The maximum absolute atomic E-state index is 14.0. The van der Waals surface area contributed by atoms with E-state index in [1.54, 1.807) is 36.0 Å². The molecule has 4 rings (SSSR count). The van der Waals surface area contributed by atoms with Crippen molar-refractivity contribution < 1.29 is 22.8 Å². The van der Waals surface area contributed by atoms with Crippen molar-refractivity contribution in [3.8, 4) is 0 Å². The SMILES string of the molecule is CC(C)CCN1C(=O)CN(S(=O)(=O)Cc2ccccc2)CCCNC(=O)CN(C)C(=O)c2nn(C)c3c2CC1CC3. The molecule has 1 unspecified atom stereocenters. The Hall–Kier alpha value is -3.25. The second kappa shape index (κ2) is 13.2. The van der Waals surface area contributed by atoms with E-state index in [1.807, 2.05) is 18.0 Å². The molecule has 224 valence electrons. The van der Waals surface area contributed by atoms with Crippen molar-refractivity contribution >= 4 is 27.7 Å². The number of nitrogens with one attached hydrogen (secondary N) is 1. The van der Waals surface area contributed by atoms with Crippen LogP contribution in [-0.2, 0) is 45.3 Å². The zero-order valence-corrected chi connectivity index (χ0v) is 25.3. The van der Waals surface area contributed by atoms with E-state index in [0.717, 1.165) is 17.7 Å². The Morgan fingerprint density at radius 3 is 2.51 bits per heavy atom. The van der Waals surface area contributed by atoms with Crippen LogP contribution in [0, 0.1) is 5.92 Å². The van der Waals surface area contributed by atoms with Gasteiger partial charge in [-0.3, -0.25) is 19.1 Å². The Labute approximate surface area is 242 Å². The van der Waals surface area contributed by atoms with E-state index in [2.05, 4.69) is 24.3 Å². The maximum atomic E-state index is 14.0. The second-order valence-electron chi connectivity index (χ2n) is 11.5. The van der Waals surface area contributed by atoms with Crippen molar-refractivity contribution in [2.75, 3.05) is 39.8 Å². The van der Waals surface area contributed by atoms with Crippen molar-refractivity contribution in [3.63, 3.8) is 0 Å². The molecular formula is C29H42N6O5S. The molecule has 1 aliphatic heterocycles. The number of rotatable bonds is 6. The van der Waals surface area contributed by atoms with Gasteiger partial charge in [0.1, 0.15) is 0 Å². The third-order valence-electron chi connectivity index (χ3n) is 7.87. The minimum atomic E-state index is -3.82. The largest absolute Gasteiger partial charge is 0.355 e. The zero-order chi connectivity index (χ0) is 29.7. The average Bonchev–Trinajstić information content (AvgIpc) is 3.25. The molecule has 2 aromatic rings. The molecule has 2 heterocycles. The summed E-state index contributed by atoms with van der Waals surface area (Å²) < 4.78 is 30.2. The highest BCUT2D eigenvalue weighted by Crippen LogP contribution is 2.29. The zero-order valence-electron chi connectivity index (χ0n) is 24.5. The van der Waals surface area contributed by atoms with E-state index < -0.39 is 10.0 Å². The molecule has 0 radical (unpaired) electrons. The maximum Gasteiger partial charge on any atom is 0.274 e. The number of likely N-dealkylation sites (N-methyl/N-ethyl adjacent to an activating group) is 1. The summed E-state index contributed by atoms with van der Waals surface area (Å²) in [5, 5.41) is 7.29. The summed E-state index contributed by atoms with van der Waals surface area (Å²) in [6.07, 6.45) is 2.89. The highest BCUT2D eigenvalue weighted by Gasteiger charge is 2.35. The number of aromatic nitrogens is 2. The molecule has 11 nitrogen and oxygen atoms in total. The molecule has 0 saturated carbocycles. The van der Waals surface area contributed by atoms with Crippen molar-refractivity contribution in [2.45, 2.75) is 57.7 Å². The van der Waals surface area contributed by atoms with Gasteiger partial charge in [-0.25, -0.2) is 8.42 Å². The summed E-state index contributed by atoms with van der Waals surface area (Å²) in [6.45, 7) is 4.59. The second-order valence-corrected chi connectivity index (χ2v) is 13.5. The van der Waals surface area contributed by atoms with E-state index in [4.69, 9.17) is 0 Å². The Balaban J connectivity index is 1.69. The minimum Gasteiger partial charge on any atom is -0.355 e. The first-order valence-electron chi connectivity index (χ1n) is 14.3. The van der Waals surface area contributed by atoms with Crippen molar-refractivity contribution in [2.24, 2.45) is 13.0 Å². The molecular weight excluding hydrogens is 544 g/mol. The standard InChI is InChI=1S/C29H42N6O5S/c1-21(2)13-16-35-23-11-12-25-24(17-23)28(31-33(25)4)29(38)32(3)18-26(36)30-14-8-15-34(19-27(35)37)41(39,40)20-22-9-6-5-7-10-22/h5-7,9-10,21,23H,8,11-20H2,1-4H3,(H,30,36). The number of nitrogens with zero attached hydrogens (tertiary/aromatic N) is 5. The lowest BCUT2D eigenvalue weighted by molar-refractivity contribution is -0.134. The van der Waals surface area contributed by atoms with Crippen LogP contribution in [0.5, 0.6) is 0 Å². The van der Waals surface area contributed by atoms with Crippen molar-refractivity contribution in [1.82, 2.24) is 29.2 Å². The van der Waals surface area contributed by atoms with E-state index in [-0.39, 0.29) is 55.7 Å². The highest BCUT2D eigenvalue weighted by molar-refractivity contribution is 7.88. The summed E-state index contributed by atoms with van der Waals surface area (Å²) in [6, 6.07) is 8.74. The van der Waals surface area contributed by atoms with E-state index in [9.17, 15) is 22.8 Å². The Kier molecular flexibility index (Phi) is 9.85. The molecule has 0 fully saturated rings. The first-order valence-corrected chi connectivity index (χ1v) is 15.9. The fourth-order valence-corrected chi connectivity index (χ4v) is 7.07. The van der Waals surface area contributed by atoms with Gasteiger partial charge < -0.3 is 15.1 Å². The molecule has 1 N–H and O–H groups in total. The van der Waals surface area contributed by atoms with Gasteiger partial charge in [-0.05, 0) is 43.6 Å². The topological polar surface area (TPSA) is 125 Å². The molecule has 2 aliphatic rings. The van der Waals surface area contributed by atoms with Crippen molar-refractivity contribution in [1.29, 1.82) is 0 Å². The third kappa shape index (κ3) is 7.53. The van der Waals surface area contributed by atoms with E-state index in [0.29, 0.717) is 49.4 Å². The van der Waals surface area contributed by atoms with E-state index in [1.165, 1.54) is 9.21 Å². The Morgan fingerprint density at radius 1 is 1.07 bits per heavy atom. The van der Waals surface area contributed by atoms with Crippen LogP contribution >= 0.6 is 0 Å². The Bertz CT molecular complexity index is 1360. The number of sulfonamides is 1. The molecule has 41 heavy (non-hydrogen) atoms. The van der Waals surface area contributed by atoms with Crippen LogP contribution in [0.4, 0.5) is 0 Å². The lowest BCUT2D eigenvalue weighted by atomic mass is 9.89. The molecule has 1 aromatic heterocycles. The van der Waals surface area contributed by atoms with Crippen LogP contribution in [0.25, 0.3) is 0 Å². The van der Waals surface area contributed by atoms with Crippen molar-refractivity contribution in [3.05, 3.63) is 52.8 Å². The molecule has 3 amide bonds. The van der Waals surface area contributed by atoms with Crippen LogP contribution in [0.1, 0.15) is 60.4 Å². The normalized spacial score (nSPS) is 20.0. The summed E-state index contributed by atoms with van der Waals surface area (Å²) in [4.78, 5) is 43.1. The number of aryl methyl sites for hydroxylation is 1. The molecule has 12 heteroatoms. The summed E-state index contributed by atoms with van der Waals surface area (Å²) >= 11 is 0. The van der Waals surface area contributed by atoms with Gasteiger partial charge in [-0.2, -0.15) is 9.40 Å². The molecule has 1 aliphatic carbocycles. The highest BCUT2D eigenvalue weighted by atomic mass is 32.2. The van der Waals surface area contributed by atoms with Crippen LogP contribution in [0.3, 0.4) is 0 Å². The fraction of sp³-hybridized carbons (Fsp3) is 0.586. The quantitative estimate of drug-likeness (QED) is 0.548. The Morgan fingerprint density at radius 2 is 1.80 bits per heavy atom. The predicted molar refractivity (Wildman–Crippen MR) is 155 cm³/mol. The fourth-order valence-electron chi connectivity index (χ4n) is 5.56. The van der Waals surface area contributed by atoms with Gasteiger partial charge in [-0.1, -0.05) is 44.2 Å². The first kappa shape index (κ1) is 30.7. The average molecular weight is 587 g/mol. The lowest BCUT2D eigenvalue weighted by Crippen LogP contribution is -2.50. The van der Waals surface area contributed by atoms with Crippen LogP contribution in [0.15, 0.2) is 30.3 Å². The van der Waals surface area contributed by atoms with Gasteiger partial charge in [0, 0.05) is 51.0 Å². The number of hydrogen-bond donors (Lipinski definition) is 1. The number of carbonyl (C=O) groups excluding carboxylic acids is 3. The monoisotopic (exact) mass is 586 g/mol. The third-order valence-corrected chi connectivity index (χ3v) is 9.67. The van der Waals surface area contributed by atoms with Gasteiger partial charge in [-0.15, -0.1) is 0 Å². The first-order chi connectivity index (χ1) is 19.5. The number of benzene rings is 1. The molecule has 2 bridgehead atoms. The summed E-state index contributed by atoms with van der Waals surface area (Å²) in [7, 11) is -0.442. The number of fused-ring (bicyclic) bond motifs is 1. The summed E-state index contributed by atoms with van der Waals surface area (Å²) in [5.74, 6) is -0.778. The van der Waals surface area contributed by atoms with Gasteiger partial charge in [0.2, 0.25) is 21.8 Å². The molecule has 0 spiro atoms. The molecule has 1 aromatic carbocycles. The van der Waals surface area contributed by atoms with Crippen LogP contribution < -0.4 is 5.32 Å². The van der Waals surface area contributed by atoms with Gasteiger partial charge in [0.15, 0.2) is 5.69 Å². The lowest BCUT2D eigenvalue weighted by Gasteiger charge is -2.36. The van der Waals surface area contributed by atoms with Crippen LogP contribution in [0.2, 0.25) is 0 Å². The molecule has 0 saturated heterocycles. The minimum absolute atomic E-state index is 0.0928. The smallest absolute Gasteiger partial charge is 0.274 e. The number of carbonyl (C=O) groups is 3.